The predicted octanol–water partition coefficient (Wildman–Crippen LogP) is 6.41. The van der Waals surface area contributed by atoms with Gasteiger partial charge in [-0.2, -0.15) is 4.98 Å². The lowest BCUT2D eigenvalue weighted by Gasteiger charge is -2.43. The number of aromatic nitrogens is 4. The number of fused-ring (bicyclic) bond motifs is 1. The maximum Gasteiger partial charge on any atom is 0.234 e. The summed E-state index contributed by atoms with van der Waals surface area (Å²) in [6.07, 6.45) is 8.34. The van der Waals surface area contributed by atoms with Gasteiger partial charge in [-0.05, 0) is 90.8 Å². The van der Waals surface area contributed by atoms with Crippen molar-refractivity contribution < 1.29 is 23.3 Å². The molecule has 0 saturated carbocycles. The number of ether oxygens (including phenoxy) is 1. The third-order valence-corrected chi connectivity index (χ3v) is 13.8. The van der Waals surface area contributed by atoms with Crippen molar-refractivity contribution in [3.63, 3.8) is 0 Å². The van der Waals surface area contributed by atoms with Crippen LogP contribution in [0.4, 0.5) is 33.2 Å². The number of nitrogens with zero attached hydrogens (tertiary/aromatic N) is 7. The lowest BCUT2D eigenvalue weighted by atomic mass is 9.89. The van der Waals surface area contributed by atoms with E-state index in [2.05, 4.69) is 73.7 Å². The quantitative estimate of drug-likeness (QED) is 0.0933. The minimum Gasteiger partial charge on any atom is -0.494 e. The molecule has 3 aliphatic heterocycles. The number of piperidine rings is 2. The van der Waals surface area contributed by atoms with Crippen molar-refractivity contribution in [1.29, 1.82) is 0 Å². The summed E-state index contributed by atoms with van der Waals surface area (Å²) < 4.78 is 35.0. The summed E-state index contributed by atoms with van der Waals surface area (Å²) in [5, 5.41) is 9.60. The fourth-order valence-electron chi connectivity index (χ4n) is 8.54. The Labute approximate surface area is 357 Å². The second-order valence-electron chi connectivity index (χ2n) is 16.0. The molecule has 3 aliphatic rings. The first kappa shape index (κ1) is 41.7. The number of methoxy groups -OCH3 is 1. The number of benzene rings is 3. The van der Waals surface area contributed by atoms with Crippen molar-refractivity contribution in [3.8, 4) is 5.75 Å². The number of carbonyl (C=O) groups is 2. The Morgan fingerprint density at radius 2 is 1.68 bits per heavy atom. The van der Waals surface area contributed by atoms with Gasteiger partial charge in [-0.15, -0.1) is 0 Å². The van der Waals surface area contributed by atoms with Gasteiger partial charge in [0.05, 0.1) is 39.7 Å². The van der Waals surface area contributed by atoms with Gasteiger partial charge in [0.25, 0.3) is 0 Å². The normalized spacial score (nSPS) is 18.4. The van der Waals surface area contributed by atoms with Crippen molar-refractivity contribution in [3.05, 3.63) is 88.5 Å². The Morgan fingerprint density at radius 3 is 2.42 bits per heavy atom. The molecule has 0 bridgehead atoms. The Kier molecular flexibility index (Phi) is 12.4. The molecule has 314 valence electrons. The van der Waals surface area contributed by atoms with Crippen molar-refractivity contribution in [2.45, 2.75) is 44.1 Å². The molecule has 14 nitrogen and oxygen atoms in total. The molecule has 3 fully saturated rings. The second-order valence-corrected chi connectivity index (χ2v) is 20.0. The lowest BCUT2D eigenvalue weighted by molar-refractivity contribution is -0.134. The summed E-state index contributed by atoms with van der Waals surface area (Å²) in [6, 6.07) is 15.5. The number of piperazine rings is 1. The third kappa shape index (κ3) is 9.31. The summed E-state index contributed by atoms with van der Waals surface area (Å²) in [7, 11) is -1.11. The van der Waals surface area contributed by atoms with Gasteiger partial charge in [-0.25, -0.2) is 9.37 Å². The van der Waals surface area contributed by atoms with Gasteiger partial charge < -0.3 is 29.7 Å². The molecule has 17 heteroatoms. The van der Waals surface area contributed by atoms with Crippen LogP contribution >= 0.6 is 23.1 Å². The van der Waals surface area contributed by atoms with Gasteiger partial charge in [-0.3, -0.25) is 29.8 Å². The van der Waals surface area contributed by atoms with Gasteiger partial charge in [0.15, 0.2) is 0 Å². The molecule has 8 rings (SSSR count). The molecule has 1 atom stereocenters. The zero-order valence-corrected chi connectivity index (χ0v) is 36.4. The first-order chi connectivity index (χ1) is 28.9. The van der Waals surface area contributed by atoms with Gasteiger partial charge in [0, 0.05) is 94.2 Å². The highest BCUT2D eigenvalue weighted by molar-refractivity contribution is 9.10. The monoisotopic (exact) mass is 898 g/mol. The number of halogens is 2. The zero-order valence-electron chi connectivity index (χ0n) is 34.0. The smallest absolute Gasteiger partial charge is 0.234 e. The molecule has 2 aromatic heterocycles. The Bertz CT molecular complexity index is 2460. The number of imide groups is 1. The number of rotatable bonds is 12. The maximum atomic E-state index is 15.0. The maximum absolute atomic E-state index is 15.0. The predicted molar refractivity (Wildman–Crippen MR) is 236 cm³/mol. The van der Waals surface area contributed by atoms with E-state index >= 15 is 4.39 Å². The van der Waals surface area contributed by atoms with Crippen LogP contribution in [0.2, 0.25) is 0 Å². The summed E-state index contributed by atoms with van der Waals surface area (Å²) in [4.78, 5) is 49.4. The number of anilines is 5. The standard InChI is InChI=1S/C43H49BrFN10O4P/c1-59-37-25-29(5-8-34(37)50-43-48-26-32(44)41(52-43)49-36-10-9-35-39(47-16-15-46-35)40(36)60(2,3)58)54-18-13-28(14-19-54)55-22-20-53(21-23-55)17-12-27-4-6-30(33(45)24-27)31-7-11-38(56)51-42(31)57/h4-6,8-10,15-16,24-26,28,31H,7,11-14,17-23H2,1-3H3,(H,51,56,57)(H2,48,49,50,52). The average Bonchev–Trinajstić information content (AvgIpc) is 3.24. The molecule has 3 aromatic carbocycles. The van der Waals surface area contributed by atoms with Crippen molar-refractivity contribution >= 4 is 80.1 Å². The highest BCUT2D eigenvalue weighted by Gasteiger charge is 2.31. The summed E-state index contributed by atoms with van der Waals surface area (Å²) in [5.41, 5.74) is 5.00. The van der Waals surface area contributed by atoms with Crippen LogP contribution in [0.3, 0.4) is 0 Å². The Morgan fingerprint density at radius 1 is 0.917 bits per heavy atom. The van der Waals surface area contributed by atoms with Crippen LogP contribution in [0, 0.1) is 5.82 Å². The number of hydrogen-bond acceptors (Lipinski definition) is 13. The first-order valence-electron chi connectivity index (χ1n) is 20.3. The number of amides is 2. The number of nitrogens with one attached hydrogen (secondary N) is 3. The van der Waals surface area contributed by atoms with Crippen LogP contribution in [0.15, 0.2) is 71.6 Å². The Balaban J connectivity index is 0.833. The van der Waals surface area contributed by atoms with E-state index < -0.39 is 19.0 Å². The lowest BCUT2D eigenvalue weighted by Crippen LogP contribution is -2.53. The average molecular weight is 900 g/mol. The molecule has 0 radical (unpaired) electrons. The van der Waals surface area contributed by atoms with E-state index in [1.165, 1.54) is 0 Å². The SMILES string of the molecule is COc1cc(N2CCC(N3CCN(CCc4ccc(C5CCC(=O)NC5=O)c(F)c4)CC3)CC2)ccc1Nc1ncc(Br)c(Nc2ccc3nccnc3c2P(C)(C)=O)n1. The van der Waals surface area contributed by atoms with Crippen LogP contribution in [-0.2, 0) is 20.6 Å². The van der Waals surface area contributed by atoms with Crippen molar-refractivity contribution in [1.82, 2.24) is 35.1 Å². The van der Waals surface area contributed by atoms with Crippen molar-refractivity contribution in [2.24, 2.45) is 0 Å². The van der Waals surface area contributed by atoms with E-state index in [0.29, 0.717) is 62.0 Å². The molecule has 5 heterocycles. The molecule has 5 aromatic rings. The zero-order chi connectivity index (χ0) is 42.0. The fourth-order valence-corrected chi connectivity index (χ4v) is 10.2. The third-order valence-electron chi connectivity index (χ3n) is 11.7. The molecule has 2 amide bonds. The highest BCUT2D eigenvalue weighted by Crippen LogP contribution is 2.41. The molecule has 1 unspecified atom stereocenters. The molecule has 3 N–H and O–H groups in total. The Hall–Kier alpha value is -5.02. The van der Waals surface area contributed by atoms with Crippen LogP contribution < -0.4 is 30.9 Å². The molecule has 60 heavy (non-hydrogen) atoms. The molecular formula is C43H49BrFN10O4P. The van der Waals surface area contributed by atoms with Gasteiger partial charge >= 0.3 is 0 Å². The highest BCUT2D eigenvalue weighted by atomic mass is 79.9. The molecule has 3 saturated heterocycles. The topological polar surface area (TPSA) is 158 Å². The minimum atomic E-state index is -2.77. The van der Waals surface area contributed by atoms with Crippen LogP contribution in [0.5, 0.6) is 5.75 Å². The van der Waals surface area contributed by atoms with E-state index in [9.17, 15) is 14.2 Å². The van der Waals surface area contributed by atoms with Gasteiger partial charge in [-0.1, -0.05) is 12.1 Å². The molecular weight excluding hydrogens is 850 g/mol. The van der Waals surface area contributed by atoms with Gasteiger partial charge in [0.1, 0.15) is 30.0 Å². The van der Waals surface area contributed by atoms with E-state index in [-0.39, 0.29) is 18.1 Å². The van der Waals surface area contributed by atoms with Crippen molar-refractivity contribution in [2.75, 3.05) is 81.8 Å². The van der Waals surface area contributed by atoms with E-state index in [0.717, 1.165) is 82.0 Å². The van der Waals surface area contributed by atoms with E-state index in [4.69, 9.17) is 9.72 Å². The summed E-state index contributed by atoms with van der Waals surface area (Å²) in [6.45, 7) is 10.1. The summed E-state index contributed by atoms with van der Waals surface area (Å²) in [5.74, 6) is -0.172. The van der Waals surface area contributed by atoms with Crippen LogP contribution in [0.25, 0.3) is 11.0 Å². The molecule has 0 aliphatic carbocycles. The second kappa shape index (κ2) is 17.9. The van der Waals surface area contributed by atoms with E-state index in [1.807, 2.05) is 24.3 Å². The first-order valence-corrected chi connectivity index (χ1v) is 23.7. The van der Waals surface area contributed by atoms with E-state index in [1.54, 1.807) is 51.2 Å². The number of hydrogen-bond donors (Lipinski definition) is 3. The minimum absolute atomic E-state index is 0.231. The summed E-state index contributed by atoms with van der Waals surface area (Å²) >= 11 is 3.57. The van der Waals surface area contributed by atoms with Crippen LogP contribution in [0.1, 0.15) is 42.7 Å². The largest absolute Gasteiger partial charge is 0.494 e. The van der Waals surface area contributed by atoms with Crippen LogP contribution in [-0.4, -0.2) is 114 Å². The number of carbonyl (C=O) groups excluding carboxylic acids is 2. The molecule has 0 spiro atoms. The fraction of sp³-hybridized carbons (Fsp3) is 0.395. The van der Waals surface area contributed by atoms with Gasteiger partial charge in [0.2, 0.25) is 17.8 Å².